The maximum absolute atomic E-state index is 13.0. The van der Waals surface area contributed by atoms with Crippen molar-refractivity contribution in [1.29, 1.82) is 0 Å². The van der Waals surface area contributed by atoms with E-state index in [0.717, 1.165) is 38.5 Å². The topological polar surface area (TPSA) is 108 Å². The molecule has 0 aliphatic carbocycles. The number of unbranched alkanes of at least 4 members (excludes halogenated alkanes) is 42. The van der Waals surface area contributed by atoms with Crippen LogP contribution in [0.15, 0.2) is 24.3 Å². The molecular weight excluding hydrogens is 888 g/mol. The molecule has 3 unspecified atom stereocenters. The molecule has 0 spiro atoms. The number of rotatable bonds is 57. The highest BCUT2D eigenvalue weighted by molar-refractivity contribution is 7.45. The summed E-state index contributed by atoms with van der Waals surface area (Å²) in [7, 11) is 1.26. The number of aliphatic hydroxyl groups excluding tert-OH is 1. The van der Waals surface area contributed by atoms with E-state index in [1.807, 2.05) is 27.2 Å². The number of amides is 1. The number of carbonyl (C=O) groups excluding carboxylic acids is 1. The summed E-state index contributed by atoms with van der Waals surface area (Å²) in [5, 5.41) is 13.9. The Kier molecular flexibility index (Phi) is 52.1. The van der Waals surface area contributed by atoms with Crippen molar-refractivity contribution in [3.05, 3.63) is 24.3 Å². The summed E-state index contributed by atoms with van der Waals surface area (Å²) in [6, 6.07) is -0.900. The van der Waals surface area contributed by atoms with Gasteiger partial charge in [-0.2, -0.15) is 0 Å². The van der Waals surface area contributed by atoms with E-state index in [9.17, 15) is 19.4 Å². The number of nitrogens with one attached hydrogen (secondary N) is 1. The van der Waals surface area contributed by atoms with Crippen LogP contribution in [-0.4, -0.2) is 68.5 Å². The average molecular weight is 1010 g/mol. The summed E-state index contributed by atoms with van der Waals surface area (Å²) >= 11 is 0. The third-order valence-electron chi connectivity index (χ3n) is 14.2. The molecule has 0 aromatic heterocycles. The SMILES string of the molecule is CCCCCCCCCCCCCCCC/C=C/CC/C=C/C(O)C(COP(=O)([O-])OCC[N+](C)(C)C)NC(=O)CCCCCCCCCCCCCCCCCCCCCCCCCCCCCC. The second kappa shape index (κ2) is 52.8. The van der Waals surface area contributed by atoms with E-state index in [-0.39, 0.29) is 19.1 Å². The lowest BCUT2D eigenvalue weighted by Crippen LogP contribution is -2.45. The van der Waals surface area contributed by atoms with Crippen LogP contribution in [0.2, 0.25) is 0 Å². The molecule has 0 saturated heterocycles. The maximum Gasteiger partial charge on any atom is 0.268 e. The molecular formula is C61H121N2O6P. The van der Waals surface area contributed by atoms with Crippen LogP contribution in [0.1, 0.15) is 309 Å². The highest BCUT2D eigenvalue weighted by atomic mass is 31.2. The van der Waals surface area contributed by atoms with Gasteiger partial charge in [-0.3, -0.25) is 9.36 Å². The van der Waals surface area contributed by atoms with Crippen LogP contribution < -0.4 is 10.2 Å². The molecule has 70 heavy (non-hydrogen) atoms. The van der Waals surface area contributed by atoms with Gasteiger partial charge >= 0.3 is 0 Å². The van der Waals surface area contributed by atoms with Gasteiger partial charge in [0.1, 0.15) is 13.2 Å². The predicted octanol–water partition coefficient (Wildman–Crippen LogP) is 18.1. The lowest BCUT2D eigenvalue weighted by atomic mass is 10.0. The number of likely N-dealkylation sites (N-methyl/N-ethyl adjacent to an activating group) is 1. The first-order valence-electron chi connectivity index (χ1n) is 30.7. The van der Waals surface area contributed by atoms with E-state index < -0.39 is 20.0 Å². The Morgan fingerprint density at radius 3 is 1.16 bits per heavy atom. The Bertz CT molecular complexity index is 1190. The van der Waals surface area contributed by atoms with Crippen LogP contribution in [0.3, 0.4) is 0 Å². The molecule has 0 radical (unpaired) electrons. The summed E-state index contributed by atoms with van der Waals surface area (Å²) in [5.41, 5.74) is 0. The lowest BCUT2D eigenvalue weighted by molar-refractivity contribution is -0.870. The molecule has 0 aliphatic rings. The maximum atomic E-state index is 13.0. The zero-order valence-electron chi connectivity index (χ0n) is 47.5. The average Bonchev–Trinajstić information content (AvgIpc) is 3.32. The lowest BCUT2D eigenvalue weighted by Gasteiger charge is -2.29. The summed E-state index contributed by atoms with van der Waals surface area (Å²) < 4.78 is 23.4. The molecule has 0 aliphatic heterocycles. The normalized spacial score (nSPS) is 14.0. The van der Waals surface area contributed by atoms with Crippen LogP contribution in [0.4, 0.5) is 0 Å². The molecule has 8 nitrogen and oxygen atoms in total. The van der Waals surface area contributed by atoms with Crippen LogP contribution in [0.5, 0.6) is 0 Å². The molecule has 1 amide bonds. The second-order valence-corrected chi connectivity index (χ2v) is 23.8. The molecule has 0 fully saturated rings. The molecule has 9 heteroatoms. The van der Waals surface area contributed by atoms with Crippen molar-refractivity contribution in [2.45, 2.75) is 321 Å². The molecule has 2 N–H and O–H groups in total. The van der Waals surface area contributed by atoms with E-state index in [4.69, 9.17) is 9.05 Å². The molecule has 0 saturated carbocycles. The minimum Gasteiger partial charge on any atom is -0.756 e. The number of phosphoric ester groups is 1. The molecule has 0 aromatic rings. The Morgan fingerprint density at radius 1 is 0.486 bits per heavy atom. The van der Waals surface area contributed by atoms with Gasteiger partial charge in [0, 0.05) is 6.42 Å². The number of phosphoric acid groups is 1. The first-order chi connectivity index (χ1) is 34.0. The zero-order chi connectivity index (χ0) is 51.3. The van der Waals surface area contributed by atoms with Crippen molar-refractivity contribution in [3.63, 3.8) is 0 Å². The van der Waals surface area contributed by atoms with Crippen LogP contribution in [0.25, 0.3) is 0 Å². The van der Waals surface area contributed by atoms with Gasteiger partial charge in [-0.1, -0.05) is 295 Å². The molecule has 0 aromatic carbocycles. The first-order valence-corrected chi connectivity index (χ1v) is 32.2. The summed E-state index contributed by atoms with van der Waals surface area (Å²) in [5.74, 6) is -0.200. The molecule has 0 heterocycles. The Labute approximate surface area is 436 Å². The fraction of sp³-hybridized carbons (Fsp3) is 0.918. The van der Waals surface area contributed by atoms with E-state index in [0.29, 0.717) is 17.4 Å². The quantitative estimate of drug-likeness (QED) is 0.0272. The minimum atomic E-state index is -4.60. The van der Waals surface area contributed by atoms with Gasteiger partial charge in [-0.25, -0.2) is 0 Å². The van der Waals surface area contributed by atoms with E-state index >= 15 is 0 Å². The van der Waals surface area contributed by atoms with Gasteiger partial charge < -0.3 is 28.8 Å². The van der Waals surface area contributed by atoms with Crippen molar-refractivity contribution >= 4 is 13.7 Å². The summed E-state index contributed by atoms with van der Waals surface area (Å²) in [4.78, 5) is 25.5. The second-order valence-electron chi connectivity index (χ2n) is 22.4. The third-order valence-corrected chi connectivity index (χ3v) is 15.1. The van der Waals surface area contributed by atoms with Crippen molar-refractivity contribution in [1.82, 2.24) is 5.32 Å². The summed E-state index contributed by atoms with van der Waals surface area (Å²) in [6.07, 6.45) is 67.0. The van der Waals surface area contributed by atoms with E-state index in [2.05, 4.69) is 31.3 Å². The van der Waals surface area contributed by atoms with Crippen molar-refractivity contribution in [3.8, 4) is 0 Å². The van der Waals surface area contributed by atoms with Crippen molar-refractivity contribution in [2.24, 2.45) is 0 Å². The monoisotopic (exact) mass is 1010 g/mol. The number of allylic oxidation sites excluding steroid dienone is 3. The zero-order valence-corrected chi connectivity index (χ0v) is 48.4. The Balaban J connectivity index is 4.13. The molecule has 416 valence electrons. The minimum absolute atomic E-state index is 0.00364. The van der Waals surface area contributed by atoms with Gasteiger partial charge in [0.05, 0.1) is 39.9 Å². The predicted molar refractivity (Wildman–Crippen MR) is 302 cm³/mol. The number of nitrogens with zero attached hydrogens (tertiary/aromatic N) is 1. The highest BCUT2D eigenvalue weighted by Crippen LogP contribution is 2.38. The van der Waals surface area contributed by atoms with Gasteiger partial charge in [-0.05, 0) is 32.1 Å². The number of hydrogen-bond acceptors (Lipinski definition) is 6. The molecule has 0 rings (SSSR count). The Hall–Kier alpha value is -1.02. The van der Waals surface area contributed by atoms with Crippen LogP contribution in [-0.2, 0) is 18.4 Å². The van der Waals surface area contributed by atoms with Crippen LogP contribution in [0, 0.1) is 0 Å². The van der Waals surface area contributed by atoms with Crippen molar-refractivity contribution in [2.75, 3.05) is 40.9 Å². The fourth-order valence-electron chi connectivity index (χ4n) is 9.35. The van der Waals surface area contributed by atoms with E-state index in [1.54, 1.807) is 6.08 Å². The molecule has 0 bridgehead atoms. The number of quaternary nitrogens is 1. The number of aliphatic hydroxyl groups is 1. The van der Waals surface area contributed by atoms with Gasteiger partial charge in [0.25, 0.3) is 7.82 Å². The van der Waals surface area contributed by atoms with Gasteiger partial charge in [-0.15, -0.1) is 0 Å². The third kappa shape index (κ3) is 54.7. The van der Waals surface area contributed by atoms with E-state index in [1.165, 1.54) is 250 Å². The Morgan fingerprint density at radius 2 is 0.800 bits per heavy atom. The molecule has 3 atom stereocenters. The number of carbonyl (C=O) groups is 1. The smallest absolute Gasteiger partial charge is 0.268 e. The van der Waals surface area contributed by atoms with Gasteiger partial charge in [0.2, 0.25) is 5.91 Å². The van der Waals surface area contributed by atoms with Gasteiger partial charge in [0.15, 0.2) is 0 Å². The standard InChI is InChI=1S/C61H121N2O6P/c1-6-8-10-12-14-16-18-20-22-24-26-28-29-30-31-32-33-34-35-37-39-41-43-45-47-49-51-53-55-61(65)62-59(58-69-70(66,67)68-57-56-63(3,4)5)60(64)54-52-50-48-46-44-42-40-38-36-27-25-23-21-19-17-15-13-11-9-7-2/h44,46,52,54,59-60,64H,6-43,45,47-51,53,55-58H2,1-5H3,(H-,62,65,66,67)/b46-44+,54-52+. The first kappa shape index (κ1) is 69.0. The van der Waals surface area contributed by atoms with Crippen molar-refractivity contribution < 1.29 is 32.9 Å². The largest absolute Gasteiger partial charge is 0.756 e. The van der Waals surface area contributed by atoms with Crippen LogP contribution >= 0.6 is 7.82 Å². The number of hydrogen-bond donors (Lipinski definition) is 2. The fourth-order valence-corrected chi connectivity index (χ4v) is 10.1. The highest BCUT2D eigenvalue weighted by Gasteiger charge is 2.23. The summed E-state index contributed by atoms with van der Waals surface area (Å²) in [6.45, 7) is 4.68.